The first kappa shape index (κ1) is 22.8. The van der Waals surface area contributed by atoms with E-state index in [9.17, 15) is 10.1 Å². The molecule has 1 aliphatic rings. The largest absolute Gasteiger partial charge is 0.440 e. The molecule has 0 aliphatic carbocycles. The lowest BCUT2D eigenvalue weighted by molar-refractivity contribution is 0.0740. The van der Waals surface area contributed by atoms with Gasteiger partial charge in [0.25, 0.3) is 0 Å². The summed E-state index contributed by atoms with van der Waals surface area (Å²) in [5.74, 6) is -0.324. The standard InChI is InChI=1S/C25H13BrCl2N2O3S/c26-13-3-1-12(2-4-13)21-16-8-6-15(10-19(16)33-24(30)18(21)11-29)32-25(31)23-22(28)17-7-5-14(27)9-20(17)34-23/h1-10,21H,30H2. The molecule has 1 aromatic heterocycles. The molecule has 9 heteroatoms. The predicted octanol–water partition coefficient (Wildman–Crippen LogP) is 7.41. The normalized spacial score (nSPS) is 14.9. The first-order valence-electron chi connectivity index (χ1n) is 9.92. The molecular formula is C25H13BrCl2N2O3S. The highest BCUT2D eigenvalue weighted by atomic mass is 79.9. The zero-order valence-electron chi connectivity index (χ0n) is 17.1. The molecule has 0 saturated carbocycles. The Balaban J connectivity index is 1.49. The molecule has 168 valence electrons. The minimum atomic E-state index is -0.594. The van der Waals surface area contributed by atoms with Gasteiger partial charge >= 0.3 is 5.97 Å². The number of esters is 1. The van der Waals surface area contributed by atoms with E-state index in [2.05, 4.69) is 22.0 Å². The number of thiophene rings is 1. The summed E-state index contributed by atoms with van der Waals surface area (Å²) in [6.45, 7) is 0. The number of fused-ring (bicyclic) bond motifs is 2. The van der Waals surface area contributed by atoms with Crippen molar-refractivity contribution in [3.63, 3.8) is 0 Å². The van der Waals surface area contributed by atoms with Crippen molar-refractivity contribution in [2.75, 3.05) is 0 Å². The van der Waals surface area contributed by atoms with E-state index in [1.165, 1.54) is 11.3 Å². The molecule has 1 unspecified atom stereocenters. The highest BCUT2D eigenvalue weighted by molar-refractivity contribution is 9.10. The van der Waals surface area contributed by atoms with Gasteiger partial charge in [-0.3, -0.25) is 0 Å². The van der Waals surface area contributed by atoms with Crippen LogP contribution in [0.25, 0.3) is 10.1 Å². The summed E-state index contributed by atoms with van der Waals surface area (Å²) in [6.07, 6.45) is 0. The van der Waals surface area contributed by atoms with Gasteiger partial charge in [-0.2, -0.15) is 5.26 Å². The highest BCUT2D eigenvalue weighted by Gasteiger charge is 2.31. The molecule has 0 fully saturated rings. The second kappa shape index (κ2) is 8.97. The number of carbonyl (C=O) groups excluding carboxylic acids is 1. The SMILES string of the molecule is N#CC1=C(N)Oc2cc(OC(=O)c3sc4cc(Cl)ccc4c3Cl)ccc2C1c1ccc(Br)cc1. The van der Waals surface area contributed by atoms with Crippen LogP contribution in [-0.4, -0.2) is 5.97 Å². The Bertz CT molecular complexity index is 1540. The van der Waals surface area contributed by atoms with E-state index in [0.29, 0.717) is 21.4 Å². The van der Waals surface area contributed by atoms with Crippen LogP contribution in [0.5, 0.6) is 11.5 Å². The third-order valence-corrected chi connectivity index (χ3v) is 7.78. The Morgan fingerprint density at radius 2 is 1.88 bits per heavy atom. The lowest BCUT2D eigenvalue weighted by atomic mass is 9.83. The van der Waals surface area contributed by atoms with E-state index < -0.39 is 11.9 Å². The molecule has 0 spiro atoms. The Labute approximate surface area is 217 Å². The van der Waals surface area contributed by atoms with Crippen molar-refractivity contribution in [3.8, 4) is 17.6 Å². The van der Waals surface area contributed by atoms with Gasteiger partial charge in [-0.15, -0.1) is 11.3 Å². The van der Waals surface area contributed by atoms with E-state index in [1.54, 1.807) is 36.4 Å². The van der Waals surface area contributed by atoms with Crippen LogP contribution in [0.4, 0.5) is 0 Å². The van der Waals surface area contributed by atoms with Crippen LogP contribution in [0.3, 0.4) is 0 Å². The van der Waals surface area contributed by atoms with E-state index in [1.807, 2.05) is 24.3 Å². The maximum Gasteiger partial charge on any atom is 0.355 e. The van der Waals surface area contributed by atoms with Crippen molar-refractivity contribution in [2.45, 2.75) is 5.92 Å². The fourth-order valence-electron chi connectivity index (χ4n) is 3.82. The number of rotatable bonds is 3. The van der Waals surface area contributed by atoms with Crippen molar-refractivity contribution in [2.24, 2.45) is 5.73 Å². The second-order valence-electron chi connectivity index (χ2n) is 7.45. The molecular weight excluding hydrogens is 559 g/mol. The van der Waals surface area contributed by atoms with Crippen molar-refractivity contribution >= 4 is 66.5 Å². The molecule has 34 heavy (non-hydrogen) atoms. The number of carbonyl (C=O) groups is 1. The van der Waals surface area contributed by atoms with Crippen LogP contribution in [0.15, 0.2) is 76.6 Å². The quantitative estimate of drug-likeness (QED) is 0.204. The van der Waals surface area contributed by atoms with E-state index in [-0.39, 0.29) is 16.5 Å². The number of benzene rings is 3. The average Bonchev–Trinajstić information content (AvgIpc) is 3.14. The van der Waals surface area contributed by atoms with Crippen molar-refractivity contribution in [1.82, 2.24) is 0 Å². The van der Waals surface area contributed by atoms with Crippen LogP contribution in [-0.2, 0) is 0 Å². The van der Waals surface area contributed by atoms with Gasteiger partial charge in [0, 0.05) is 31.2 Å². The van der Waals surface area contributed by atoms with Gasteiger partial charge in [-0.05, 0) is 35.9 Å². The van der Waals surface area contributed by atoms with E-state index >= 15 is 0 Å². The number of allylic oxidation sites excluding steroid dienone is 1. The Morgan fingerprint density at radius 3 is 2.62 bits per heavy atom. The molecule has 0 saturated heterocycles. The number of nitrogens with two attached hydrogens (primary N) is 1. The summed E-state index contributed by atoms with van der Waals surface area (Å²) in [5.41, 5.74) is 8.01. The Kier molecular flexibility index (Phi) is 6.00. The van der Waals surface area contributed by atoms with Crippen LogP contribution >= 0.6 is 50.5 Å². The summed E-state index contributed by atoms with van der Waals surface area (Å²) >= 11 is 17.1. The van der Waals surface area contributed by atoms with Gasteiger partial charge in [0.1, 0.15) is 28.0 Å². The zero-order valence-corrected chi connectivity index (χ0v) is 21.1. The first-order chi connectivity index (χ1) is 16.4. The molecule has 2 N–H and O–H groups in total. The molecule has 0 radical (unpaired) electrons. The predicted molar refractivity (Wildman–Crippen MR) is 137 cm³/mol. The smallest absolute Gasteiger partial charge is 0.355 e. The Morgan fingerprint density at radius 1 is 1.12 bits per heavy atom. The van der Waals surface area contributed by atoms with Crippen LogP contribution in [0, 0.1) is 11.3 Å². The minimum absolute atomic E-state index is 0.0100. The summed E-state index contributed by atoms with van der Waals surface area (Å²) in [6, 6.07) is 20.0. The summed E-state index contributed by atoms with van der Waals surface area (Å²) < 4.78 is 13.0. The molecule has 1 aliphatic heterocycles. The van der Waals surface area contributed by atoms with Crippen molar-refractivity contribution in [1.29, 1.82) is 5.26 Å². The van der Waals surface area contributed by atoms with Crippen LogP contribution in [0.2, 0.25) is 10.0 Å². The maximum absolute atomic E-state index is 12.9. The molecule has 0 amide bonds. The van der Waals surface area contributed by atoms with Gasteiger partial charge in [0.05, 0.1) is 10.9 Å². The van der Waals surface area contributed by atoms with Crippen LogP contribution in [0.1, 0.15) is 26.7 Å². The first-order valence-corrected chi connectivity index (χ1v) is 12.3. The Hall–Kier alpha value is -3.02. The zero-order chi connectivity index (χ0) is 24.0. The third kappa shape index (κ3) is 4.04. The number of nitriles is 1. The molecule has 5 rings (SSSR count). The lowest BCUT2D eigenvalue weighted by Crippen LogP contribution is -2.21. The molecule has 1 atom stereocenters. The van der Waals surface area contributed by atoms with Gasteiger partial charge in [0.15, 0.2) is 0 Å². The number of hydrogen-bond donors (Lipinski definition) is 1. The van der Waals surface area contributed by atoms with E-state index in [0.717, 1.165) is 25.7 Å². The lowest BCUT2D eigenvalue weighted by Gasteiger charge is -2.26. The highest BCUT2D eigenvalue weighted by Crippen LogP contribution is 2.44. The summed E-state index contributed by atoms with van der Waals surface area (Å²) in [5, 5.41) is 11.3. The third-order valence-electron chi connectivity index (χ3n) is 5.38. The van der Waals surface area contributed by atoms with Gasteiger partial charge in [-0.1, -0.05) is 63.4 Å². The number of hydrogen-bond acceptors (Lipinski definition) is 6. The second-order valence-corrected chi connectivity index (χ2v) is 10.2. The fourth-order valence-corrected chi connectivity index (χ4v) is 5.75. The topological polar surface area (TPSA) is 85.3 Å². The van der Waals surface area contributed by atoms with Gasteiger partial charge in [0.2, 0.25) is 5.88 Å². The number of ether oxygens (including phenoxy) is 2. The molecule has 5 nitrogen and oxygen atoms in total. The molecule has 3 aromatic carbocycles. The number of halogens is 3. The minimum Gasteiger partial charge on any atom is -0.440 e. The molecule has 2 heterocycles. The summed E-state index contributed by atoms with van der Waals surface area (Å²) in [7, 11) is 0. The van der Waals surface area contributed by atoms with Gasteiger partial charge in [-0.25, -0.2) is 4.79 Å². The monoisotopic (exact) mass is 570 g/mol. The van der Waals surface area contributed by atoms with Crippen LogP contribution < -0.4 is 15.2 Å². The van der Waals surface area contributed by atoms with Crippen molar-refractivity contribution in [3.05, 3.63) is 103 Å². The summed E-state index contributed by atoms with van der Waals surface area (Å²) in [4.78, 5) is 13.2. The fraction of sp³-hybridized carbons (Fsp3) is 0.0400. The molecule has 4 aromatic rings. The molecule has 0 bridgehead atoms. The number of nitrogens with zero attached hydrogens (tertiary/aromatic N) is 1. The van der Waals surface area contributed by atoms with Gasteiger partial charge < -0.3 is 15.2 Å². The van der Waals surface area contributed by atoms with E-state index in [4.69, 9.17) is 38.4 Å². The average molecular weight is 572 g/mol. The van der Waals surface area contributed by atoms with Crippen molar-refractivity contribution < 1.29 is 14.3 Å². The maximum atomic E-state index is 12.9.